The highest BCUT2D eigenvalue weighted by Gasteiger charge is 2.46. The van der Waals surface area contributed by atoms with Gasteiger partial charge in [-0.3, -0.25) is 0 Å². The summed E-state index contributed by atoms with van der Waals surface area (Å²) in [5.74, 6) is 1.82. The molecule has 1 heterocycles. The van der Waals surface area contributed by atoms with Gasteiger partial charge in [0.25, 0.3) is 0 Å². The number of rotatable bonds is 5. The summed E-state index contributed by atoms with van der Waals surface area (Å²) in [5.41, 5.74) is 1.59. The number of benzene rings is 2. The van der Waals surface area contributed by atoms with Gasteiger partial charge in [0.2, 0.25) is 0 Å². The topological polar surface area (TPSA) is 41.6 Å². The maximum Gasteiger partial charge on any atom is 0.111 e. The number of hydrogen-bond donors (Lipinski definition) is 0. The van der Waals surface area contributed by atoms with Crippen LogP contribution in [0.15, 0.2) is 73.1 Å². The van der Waals surface area contributed by atoms with Crippen LogP contribution < -0.4 is 0 Å². The second-order valence-electron chi connectivity index (χ2n) is 8.16. The van der Waals surface area contributed by atoms with Crippen molar-refractivity contribution in [1.29, 1.82) is 5.26 Å². The predicted molar refractivity (Wildman–Crippen MR) is 112 cm³/mol. The van der Waals surface area contributed by atoms with E-state index in [-0.39, 0.29) is 5.92 Å². The fourth-order valence-corrected chi connectivity index (χ4v) is 4.94. The molecule has 0 amide bonds. The van der Waals surface area contributed by atoms with Crippen molar-refractivity contribution in [3.05, 3.63) is 90.0 Å². The molecule has 0 radical (unpaired) electrons. The van der Waals surface area contributed by atoms with Gasteiger partial charge in [-0.25, -0.2) is 4.98 Å². The van der Waals surface area contributed by atoms with E-state index in [1.165, 1.54) is 0 Å². The zero-order valence-corrected chi connectivity index (χ0v) is 16.6. The number of aromatic nitrogens is 2. The highest BCUT2D eigenvalue weighted by Crippen LogP contribution is 2.49. The van der Waals surface area contributed by atoms with E-state index in [0.29, 0.717) is 12.0 Å². The lowest BCUT2D eigenvalue weighted by atomic mass is 9.66. The van der Waals surface area contributed by atoms with Crippen LogP contribution in [0.3, 0.4) is 0 Å². The zero-order valence-electron chi connectivity index (χ0n) is 16.6. The maximum atomic E-state index is 10.5. The zero-order chi connectivity index (χ0) is 19.6. The van der Waals surface area contributed by atoms with Crippen LogP contribution in [-0.4, -0.2) is 9.55 Å². The normalized spacial score (nSPS) is 19.6. The first-order valence-corrected chi connectivity index (χ1v) is 10.2. The minimum Gasteiger partial charge on any atom is -0.332 e. The lowest BCUT2D eigenvalue weighted by Gasteiger charge is -2.34. The SMILES string of the molecule is CC(C)c1nccn1[C@@H]1CC[C@H](C(C#N)(c2ccccc2)c2ccccc2)C1. The number of nitriles is 1. The molecule has 0 spiro atoms. The summed E-state index contributed by atoms with van der Waals surface area (Å²) >= 11 is 0. The molecule has 1 fully saturated rings. The van der Waals surface area contributed by atoms with Crippen LogP contribution in [0.4, 0.5) is 0 Å². The fourth-order valence-electron chi connectivity index (χ4n) is 4.94. The molecule has 4 rings (SSSR count). The summed E-state index contributed by atoms with van der Waals surface area (Å²) in [7, 11) is 0. The Morgan fingerprint density at radius 1 is 1.00 bits per heavy atom. The third-order valence-electron chi connectivity index (χ3n) is 6.26. The Bertz CT molecular complexity index is 911. The van der Waals surface area contributed by atoms with Crippen molar-refractivity contribution in [2.45, 2.75) is 50.5 Å². The highest BCUT2D eigenvalue weighted by atomic mass is 15.1. The van der Waals surface area contributed by atoms with E-state index in [1.807, 2.05) is 42.6 Å². The summed E-state index contributed by atoms with van der Waals surface area (Å²) < 4.78 is 2.35. The van der Waals surface area contributed by atoms with Crippen molar-refractivity contribution >= 4 is 0 Å². The molecule has 3 aromatic rings. The van der Waals surface area contributed by atoms with Crippen LogP contribution in [-0.2, 0) is 5.41 Å². The largest absolute Gasteiger partial charge is 0.332 e. The molecule has 3 nitrogen and oxygen atoms in total. The molecule has 1 aliphatic carbocycles. The van der Waals surface area contributed by atoms with Gasteiger partial charge < -0.3 is 4.57 Å². The molecule has 0 unspecified atom stereocenters. The fraction of sp³-hybridized carbons (Fsp3) is 0.360. The van der Waals surface area contributed by atoms with E-state index in [2.05, 4.69) is 59.9 Å². The van der Waals surface area contributed by atoms with Gasteiger partial charge >= 0.3 is 0 Å². The molecule has 2 atom stereocenters. The Kier molecular flexibility index (Phi) is 5.05. The molecule has 142 valence electrons. The van der Waals surface area contributed by atoms with Gasteiger partial charge in [-0.15, -0.1) is 0 Å². The molecule has 0 aliphatic heterocycles. The number of imidazole rings is 1. The first-order valence-electron chi connectivity index (χ1n) is 10.2. The molecule has 1 aromatic heterocycles. The Labute approximate surface area is 167 Å². The van der Waals surface area contributed by atoms with E-state index in [1.54, 1.807) is 0 Å². The minimum absolute atomic E-state index is 0.273. The molecular weight excluding hydrogens is 342 g/mol. The third kappa shape index (κ3) is 3.03. The second-order valence-corrected chi connectivity index (χ2v) is 8.16. The standard InChI is InChI=1S/C25H27N3/c1-19(2)24-27-15-16-28(24)23-14-13-22(17-23)25(18-26,20-9-5-3-6-10-20)21-11-7-4-8-12-21/h3-12,15-16,19,22-23H,13-14,17H2,1-2H3/t22-,23+/m0/s1. The maximum absolute atomic E-state index is 10.5. The molecule has 0 bridgehead atoms. The first-order chi connectivity index (χ1) is 13.7. The average molecular weight is 370 g/mol. The quantitative estimate of drug-likeness (QED) is 0.565. The van der Waals surface area contributed by atoms with Crippen LogP contribution in [0.5, 0.6) is 0 Å². The van der Waals surface area contributed by atoms with E-state index in [9.17, 15) is 5.26 Å². The van der Waals surface area contributed by atoms with Gasteiger partial charge in [0, 0.05) is 24.4 Å². The Hall–Kier alpha value is -2.86. The second kappa shape index (κ2) is 7.64. The third-order valence-corrected chi connectivity index (χ3v) is 6.26. The molecule has 0 N–H and O–H groups in total. The molecule has 1 aliphatic rings. The van der Waals surface area contributed by atoms with Crippen LogP contribution in [0.25, 0.3) is 0 Å². The Morgan fingerprint density at radius 3 is 2.14 bits per heavy atom. The van der Waals surface area contributed by atoms with E-state index >= 15 is 0 Å². The van der Waals surface area contributed by atoms with Gasteiger partial charge in [-0.1, -0.05) is 74.5 Å². The van der Waals surface area contributed by atoms with Gasteiger partial charge in [0.1, 0.15) is 11.2 Å². The Morgan fingerprint density at radius 2 is 1.61 bits per heavy atom. The average Bonchev–Trinajstić information content (AvgIpc) is 3.41. The molecule has 2 aromatic carbocycles. The summed E-state index contributed by atoms with van der Waals surface area (Å²) in [5, 5.41) is 10.5. The van der Waals surface area contributed by atoms with Crippen molar-refractivity contribution < 1.29 is 0 Å². The van der Waals surface area contributed by atoms with Crippen LogP contribution >= 0.6 is 0 Å². The van der Waals surface area contributed by atoms with Crippen LogP contribution in [0.1, 0.15) is 62.0 Å². The highest BCUT2D eigenvalue weighted by molar-refractivity contribution is 5.47. The molecular formula is C25H27N3. The van der Waals surface area contributed by atoms with Crippen LogP contribution in [0.2, 0.25) is 0 Å². The number of nitrogens with zero attached hydrogens (tertiary/aromatic N) is 3. The first kappa shape index (κ1) is 18.5. The molecule has 1 saturated carbocycles. The lowest BCUT2D eigenvalue weighted by molar-refractivity contribution is 0.378. The summed E-state index contributed by atoms with van der Waals surface area (Å²) in [4.78, 5) is 4.58. The van der Waals surface area contributed by atoms with Gasteiger partial charge in [-0.05, 0) is 36.3 Å². The molecule has 0 saturated heterocycles. The summed E-state index contributed by atoms with van der Waals surface area (Å²) in [6.45, 7) is 4.39. The van der Waals surface area contributed by atoms with E-state index in [4.69, 9.17) is 0 Å². The monoisotopic (exact) mass is 369 g/mol. The van der Waals surface area contributed by atoms with Crippen molar-refractivity contribution in [1.82, 2.24) is 9.55 Å². The summed E-state index contributed by atoms with van der Waals surface area (Å²) in [6, 6.07) is 23.8. The van der Waals surface area contributed by atoms with E-state index < -0.39 is 5.41 Å². The van der Waals surface area contributed by atoms with Crippen molar-refractivity contribution in [3.63, 3.8) is 0 Å². The predicted octanol–water partition coefficient (Wildman–Crippen LogP) is 5.86. The van der Waals surface area contributed by atoms with Gasteiger partial charge in [0.15, 0.2) is 0 Å². The van der Waals surface area contributed by atoms with Gasteiger partial charge in [0.05, 0.1) is 6.07 Å². The van der Waals surface area contributed by atoms with Gasteiger partial charge in [-0.2, -0.15) is 5.26 Å². The van der Waals surface area contributed by atoms with Crippen LogP contribution in [0, 0.1) is 17.2 Å². The van der Waals surface area contributed by atoms with E-state index in [0.717, 1.165) is 36.2 Å². The number of hydrogen-bond acceptors (Lipinski definition) is 2. The Balaban J connectivity index is 1.75. The molecule has 3 heteroatoms. The summed E-state index contributed by atoms with van der Waals surface area (Å²) in [6.07, 6.45) is 7.14. The van der Waals surface area contributed by atoms with Crippen molar-refractivity contribution in [2.75, 3.05) is 0 Å². The molecule has 28 heavy (non-hydrogen) atoms. The smallest absolute Gasteiger partial charge is 0.111 e. The van der Waals surface area contributed by atoms with Crippen molar-refractivity contribution in [2.24, 2.45) is 5.92 Å². The minimum atomic E-state index is -0.615. The van der Waals surface area contributed by atoms with Crippen molar-refractivity contribution in [3.8, 4) is 6.07 Å². The lowest BCUT2D eigenvalue weighted by Crippen LogP contribution is -2.34.